The molecule has 0 fully saturated rings. The maximum absolute atomic E-state index is 11.9. The number of hydrogen-bond donors (Lipinski definition) is 3. The third-order valence-corrected chi connectivity index (χ3v) is 2.80. The van der Waals surface area contributed by atoms with Gasteiger partial charge in [0.15, 0.2) is 0 Å². The van der Waals surface area contributed by atoms with Crippen LogP contribution in [0.15, 0.2) is 42.5 Å². The van der Waals surface area contributed by atoms with Gasteiger partial charge in [-0.3, -0.25) is 4.79 Å². The van der Waals surface area contributed by atoms with E-state index in [1.54, 1.807) is 30.3 Å². The highest BCUT2D eigenvalue weighted by Crippen LogP contribution is 2.18. The van der Waals surface area contributed by atoms with E-state index in [-0.39, 0.29) is 17.2 Å². The Labute approximate surface area is 111 Å². The van der Waals surface area contributed by atoms with Gasteiger partial charge in [0.1, 0.15) is 5.75 Å². The van der Waals surface area contributed by atoms with E-state index < -0.39 is 0 Å². The lowest BCUT2D eigenvalue weighted by Crippen LogP contribution is -2.22. The molecule has 2 rings (SSSR count). The molecule has 0 unspecified atom stereocenters. The van der Waals surface area contributed by atoms with E-state index in [4.69, 9.17) is 5.73 Å². The molecule has 0 radical (unpaired) electrons. The van der Waals surface area contributed by atoms with Crippen LogP contribution < -0.4 is 11.1 Å². The predicted molar refractivity (Wildman–Crippen MR) is 74.9 cm³/mol. The molecule has 2 aromatic carbocycles. The van der Waals surface area contributed by atoms with Gasteiger partial charge in [0.05, 0.1) is 5.56 Å². The van der Waals surface area contributed by atoms with Gasteiger partial charge in [-0.1, -0.05) is 18.2 Å². The first kappa shape index (κ1) is 13.0. The number of carbonyl (C=O) groups excluding carboxylic acids is 1. The first-order valence-corrected chi connectivity index (χ1v) is 5.98. The average Bonchev–Trinajstić information content (AvgIpc) is 2.36. The fourth-order valence-electron chi connectivity index (χ4n) is 1.81. The summed E-state index contributed by atoms with van der Waals surface area (Å²) in [6, 6.07) is 12.3. The van der Waals surface area contributed by atoms with Gasteiger partial charge in [0, 0.05) is 12.2 Å². The molecule has 0 aromatic heterocycles. The number of nitrogens with one attached hydrogen (secondary N) is 1. The van der Waals surface area contributed by atoms with Crippen molar-refractivity contribution in [2.75, 3.05) is 5.73 Å². The molecule has 2 aromatic rings. The van der Waals surface area contributed by atoms with Gasteiger partial charge in [-0.15, -0.1) is 0 Å². The summed E-state index contributed by atoms with van der Waals surface area (Å²) in [5.41, 5.74) is 8.42. The molecule has 98 valence electrons. The van der Waals surface area contributed by atoms with Crippen molar-refractivity contribution >= 4 is 11.6 Å². The Hall–Kier alpha value is -2.49. The number of anilines is 1. The second-order valence-corrected chi connectivity index (χ2v) is 4.45. The van der Waals surface area contributed by atoms with Crippen molar-refractivity contribution in [1.82, 2.24) is 5.32 Å². The van der Waals surface area contributed by atoms with Crippen LogP contribution in [0.25, 0.3) is 0 Å². The average molecular weight is 256 g/mol. The van der Waals surface area contributed by atoms with Crippen molar-refractivity contribution in [1.29, 1.82) is 0 Å². The summed E-state index contributed by atoms with van der Waals surface area (Å²) in [5, 5.41) is 12.5. The molecule has 0 saturated heterocycles. The quantitative estimate of drug-likeness (QED) is 0.737. The molecule has 0 atom stereocenters. The maximum Gasteiger partial charge on any atom is 0.255 e. The molecular weight excluding hydrogens is 240 g/mol. The third-order valence-electron chi connectivity index (χ3n) is 2.80. The van der Waals surface area contributed by atoms with Gasteiger partial charge >= 0.3 is 0 Å². The van der Waals surface area contributed by atoms with E-state index in [2.05, 4.69) is 5.32 Å². The second-order valence-electron chi connectivity index (χ2n) is 4.45. The smallest absolute Gasteiger partial charge is 0.255 e. The Kier molecular flexibility index (Phi) is 3.71. The van der Waals surface area contributed by atoms with Crippen molar-refractivity contribution in [2.45, 2.75) is 13.5 Å². The zero-order valence-electron chi connectivity index (χ0n) is 10.7. The van der Waals surface area contributed by atoms with Crippen LogP contribution in [-0.2, 0) is 6.54 Å². The van der Waals surface area contributed by atoms with E-state index >= 15 is 0 Å². The Morgan fingerprint density at radius 3 is 2.74 bits per heavy atom. The summed E-state index contributed by atoms with van der Waals surface area (Å²) in [4.78, 5) is 11.9. The summed E-state index contributed by atoms with van der Waals surface area (Å²) in [7, 11) is 0. The number of amides is 1. The highest BCUT2D eigenvalue weighted by molar-refractivity contribution is 5.96. The lowest BCUT2D eigenvalue weighted by atomic mass is 10.1. The van der Waals surface area contributed by atoms with Crippen LogP contribution in [0.2, 0.25) is 0 Å². The topological polar surface area (TPSA) is 75.4 Å². The Bertz CT molecular complexity index is 609. The Morgan fingerprint density at radius 1 is 1.26 bits per heavy atom. The minimum absolute atomic E-state index is 0.00919. The fourth-order valence-corrected chi connectivity index (χ4v) is 1.81. The van der Waals surface area contributed by atoms with Crippen molar-refractivity contribution in [3.05, 3.63) is 59.2 Å². The van der Waals surface area contributed by atoms with E-state index in [1.807, 2.05) is 19.1 Å². The molecular formula is C15H16N2O2. The molecule has 1 amide bonds. The zero-order chi connectivity index (χ0) is 13.8. The van der Waals surface area contributed by atoms with Crippen molar-refractivity contribution in [3.63, 3.8) is 0 Å². The van der Waals surface area contributed by atoms with Gasteiger partial charge in [-0.2, -0.15) is 0 Å². The molecule has 0 saturated carbocycles. The van der Waals surface area contributed by atoms with Crippen molar-refractivity contribution < 1.29 is 9.90 Å². The van der Waals surface area contributed by atoms with Crippen LogP contribution in [0.3, 0.4) is 0 Å². The normalized spacial score (nSPS) is 10.2. The number of rotatable bonds is 3. The number of carbonyl (C=O) groups is 1. The summed E-state index contributed by atoms with van der Waals surface area (Å²) >= 11 is 0. The number of nitrogen functional groups attached to an aromatic ring is 1. The third kappa shape index (κ3) is 3.25. The van der Waals surface area contributed by atoms with Crippen molar-refractivity contribution in [2.24, 2.45) is 0 Å². The SMILES string of the molecule is Cc1ccc(C(=O)NCc2cccc(N)c2)c(O)c1. The minimum atomic E-state index is -0.306. The molecule has 4 nitrogen and oxygen atoms in total. The molecule has 0 aliphatic heterocycles. The van der Waals surface area contributed by atoms with Gasteiger partial charge in [0.25, 0.3) is 5.91 Å². The highest BCUT2D eigenvalue weighted by Gasteiger charge is 2.10. The van der Waals surface area contributed by atoms with E-state index in [1.165, 1.54) is 0 Å². The Morgan fingerprint density at radius 2 is 2.05 bits per heavy atom. The van der Waals surface area contributed by atoms with E-state index in [0.717, 1.165) is 11.1 Å². The summed E-state index contributed by atoms with van der Waals surface area (Å²) in [5.74, 6) is -0.315. The summed E-state index contributed by atoms with van der Waals surface area (Å²) in [6.45, 7) is 2.23. The first-order valence-electron chi connectivity index (χ1n) is 5.98. The number of phenolic OH excluding ortho intramolecular Hbond substituents is 1. The standard InChI is InChI=1S/C15H16N2O2/c1-10-5-6-13(14(18)7-10)15(19)17-9-11-3-2-4-12(16)8-11/h2-8,18H,9,16H2,1H3,(H,17,19). The van der Waals surface area contributed by atoms with Crippen LogP contribution in [0.1, 0.15) is 21.5 Å². The van der Waals surface area contributed by atoms with Crippen LogP contribution in [0, 0.1) is 6.92 Å². The number of nitrogens with two attached hydrogens (primary N) is 1. The molecule has 0 heterocycles. The van der Waals surface area contributed by atoms with E-state index in [0.29, 0.717) is 12.2 Å². The number of aryl methyl sites for hydroxylation is 1. The number of hydrogen-bond acceptors (Lipinski definition) is 3. The van der Waals surface area contributed by atoms with Gasteiger partial charge in [0.2, 0.25) is 0 Å². The summed E-state index contributed by atoms with van der Waals surface area (Å²) in [6.07, 6.45) is 0. The minimum Gasteiger partial charge on any atom is -0.507 e. The lowest BCUT2D eigenvalue weighted by Gasteiger charge is -2.08. The highest BCUT2D eigenvalue weighted by atomic mass is 16.3. The molecule has 19 heavy (non-hydrogen) atoms. The Balaban J connectivity index is 2.05. The maximum atomic E-state index is 11.9. The van der Waals surface area contributed by atoms with Crippen molar-refractivity contribution in [3.8, 4) is 5.75 Å². The number of aromatic hydroxyl groups is 1. The largest absolute Gasteiger partial charge is 0.507 e. The number of benzene rings is 2. The van der Waals surface area contributed by atoms with Crippen LogP contribution in [-0.4, -0.2) is 11.0 Å². The molecule has 0 spiro atoms. The monoisotopic (exact) mass is 256 g/mol. The first-order chi connectivity index (χ1) is 9.06. The lowest BCUT2D eigenvalue weighted by molar-refractivity contribution is 0.0948. The van der Waals surface area contributed by atoms with Crippen LogP contribution in [0.4, 0.5) is 5.69 Å². The molecule has 0 aliphatic rings. The molecule has 4 N–H and O–H groups in total. The molecule has 0 bridgehead atoms. The van der Waals surface area contributed by atoms with Gasteiger partial charge in [-0.25, -0.2) is 0 Å². The van der Waals surface area contributed by atoms with E-state index in [9.17, 15) is 9.90 Å². The molecule has 4 heteroatoms. The van der Waals surface area contributed by atoms with Gasteiger partial charge in [-0.05, 0) is 42.3 Å². The second kappa shape index (κ2) is 5.44. The number of phenols is 1. The fraction of sp³-hybridized carbons (Fsp3) is 0.133. The zero-order valence-corrected chi connectivity index (χ0v) is 10.7. The molecule has 0 aliphatic carbocycles. The van der Waals surface area contributed by atoms with Crippen LogP contribution in [0.5, 0.6) is 5.75 Å². The van der Waals surface area contributed by atoms with Crippen LogP contribution >= 0.6 is 0 Å². The summed E-state index contributed by atoms with van der Waals surface area (Å²) < 4.78 is 0. The van der Waals surface area contributed by atoms with Gasteiger partial charge < -0.3 is 16.2 Å². The predicted octanol–water partition coefficient (Wildman–Crippen LogP) is 2.21.